The lowest BCUT2D eigenvalue weighted by Gasteiger charge is -2.11. The molecule has 1 aromatic carbocycles. The lowest BCUT2D eigenvalue weighted by Crippen LogP contribution is -2.13. The lowest BCUT2D eigenvalue weighted by molar-refractivity contribution is -0.137. The molecule has 0 unspecified atom stereocenters. The zero-order chi connectivity index (χ0) is 12.5. The molecule has 1 heterocycles. The van der Waals surface area contributed by atoms with Crippen LogP contribution in [0.5, 0.6) is 0 Å². The number of benzene rings is 1. The standard InChI is InChI=1S/C11H7F3N2O/c12-11(13,14)9-4-2-1-3-7(9)8-5-15-6-16-10(8)17/h1-6H,(H,15,16,17). The van der Waals surface area contributed by atoms with E-state index in [1.807, 2.05) is 0 Å². The van der Waals surface area contributed by atoms with E-state index >= 15 is 0 Å². The number of nitrogens with one attached hydrogen (secondary N) is 1. The number of hydrogen-bond acceptors (Lipinski definition) is 2. The van der Waals surface area contributed by atoms with Crippen molar-refractivity contribution in [3.05, 3.63) is 52.7 Å². The van der Waals surface area contributed by atoms with E-state index in [0.717, 1.165) is 18.6 Å². The van der Waals surface area contributed by atoms with Gasteiger partial charge in [0.25, 0.3) is 5.56 Å². The second-order valence-corrected chi connectivity index (χ2v) is 3.34. The summed E-state index contributed by atoms with van der Waals surface area (Å²) in [7, 11) is 0. The summed E-state index contributed by atoms with van der Waals surface area (Å²) in [5, 5.41) is 0. The molecule has 2 rings (SSSR count). The first-order valence-electron chi connectivity index (χ1n) is 4.69. The second kappa shape index (κ2) is 4.04. The van der Waals surface area contributed by atoms with E-state index in [-0.39, 0.29) is 11.1 Å². The summed E-state index contributed by atoms with van der Waals surface area (Å²) in [5.41, 5.74) is -1.72. The van der Waals surface area contributed by atoms with Crippen LogP contribution in [0.15, 0.2) is 41.6 Å². The van der Waals surface area contributed by atoms with Crippen molar-refractivity contribution in [2.45, 2.75) is 6.18 Å². The number of H-pyrrole nitrogens is 1. The molecule has 0 aliphatic rings. The van der Waals surface area contributed by atoms with Crippen LogP contribution in [0.4, 0.5) is 13.2 Å². The van der Waals surface area contributed by atoms with Crippen LogP contribution in [-0.2, 0) is 6.18 Å². The van der Waals surface area contributed by atoms with E-state index in [9.17, 15) is 18.0 Å². The first-order valence-corrected chi connectivity index (χ1v) is 4.69. The molecular formula is C11H7F3N2O. The maximum absolute atomic E-state index is 12.7. The monoisotopic (exact) mass is 240 g/mol. The molecule has 0 bridgehead atoms. The molecular weight excluding hydrogens is 233 g/mol. The highest BCUT2D eigenvalue weighted by atomic mass is 19.4. The predicted octanol–water partition coefficient (Wildman–Crippen LogP) is 2.46. The quantitative estimate of drug-likeness (QED) is 0.832. The molecule has 0 saturated heterocycles. The summed E-state index contributed by atoms with van der Waals surface area (Å²) >= 11 is 0. The molecule has 0 aliphatic heterocycles. The normalized spacial score (nSPS) is 11.5. The summed E-state index contributed by atoms with van der Waals surface area (Å²) in [4.78, 5) is 17.3. The summed E-state index contributed by atoms with van der Waals surface area (Å²) in [6.45, 7) is 0. The van der Waals surface area contributed by atoms with Gasteiger partial charge in [-0.25, -0.2) is 4.98 Å². The van der Waals surface area contributed by atoms with Crippen LogP contribution < -0.4 is 5.56 Å². The highest BCUT2D eigenvalue weighted by Crippen LogP contribution is 2.35. The van der Waals surface area contributed by atoms with Crippen LogP contribution in [0.3, 0.4) is 0 Å². The molecule has 0 fully saturated rings. The van der Waals surface area contributed by atoms with Crippen LogP contribution in [0, 0.1) is 0 Å². The first kappa shape index (κ1) is 11.4. The van der Waals surface area contributed by atoms with Gasteiger partial charge in [0, 0.05) is 11.8 Å². The Bertz CT molecular complexity index is 590. The minimum Gasteiger partial charge on any atom is -0.313 e. The van der Waals surface area contributed by atoms with Gasteiger partial charge in [-0.3, -0.25) is 4.79 Å². The minimum atomic E-state index is -4.50. The van der Waals surface area contributed by atoms with Crippen LogP contribution in [0.2, 0.25) is 0 Å². The molecule has 0 saturated carbocycles. The number of hydrogen-bond donors (Lipinski definition) is 1. The van der Waals surface area contributed by atoms with Gasteiger partial charge in [0.15, 0.2) is 0 Å². The fourth-order valence-corrected chi connectivity index (χ4v) is 1.50. The Hall–Kier alpha value is -2.11. The van der Waals surface area contributed by atoms with Crippen LogP contribution in [0.25, 0.3) is 11.1 Å². The third-order valence-electron chi connectivity index (χ3n) is 2.24. The SMILES string of the molecule is O=c1[nH]cncc1-c1ccccc1C(F)(F)F. The van der Waals surface area contributed by atoms with Crippen molar-refractivity contribution in [2.24, 2.45) is 0 Å². The average Bonchev–Trinajstić information content (AvgIpc) is 2.28. The van der Waals surface area contributed by atoms with Gasteiger partial charge in [0.1, 0.15) is 0 Å². The summed E-state index contributed by atoms with van der Waals surface area (Å²) in [5.74, 6) is 0. The summed E-state index contributed by atoms with van der Waals surface area (Å²) in [6.07, 6.45) is -2.26. The van der Waals surface area contributed by atoms with Gasteiger partial charge in [-0.1, -0.05) is 18.2 Å². The molecule has 1 N–H and O–H groups in total. The van der Waals surface area contributed by atoms with Crippen molar-refractivity contribution in [1.29, 1.82) is 0 Å². The fourth-order valence-electron chi connectivity index (χ4n) is 1.50. The van der Waals surface area contributed by atoms with Crippen LogP contribution in [-0.4, -0.2) is 9.97 Å². The highest BCUT2D eigenvalue weighted by Gasteiger charge is 2.33. The van der Waals surface area contributed by atoms with Crippen LogP contribution >= 0.6 is 0 Å². The van der Waals surface area contributed by atoms with E-state index < -0.39 is 17.3 Å². The molecule has 6 heteroatoms. The maximum atomic E-state index is 12.7. The first-order chi connectivity index (χ1) is 8.00. The average molecular weight is 240 g/mol. The van der Waals surface area contributed by atoms with E-state index in [0.29, 0.717) is 0 Å². The Morgan fingerprint density at radius 3 is 2.47 bits per heavy atom. The Kier molecular flexibility index (Phi) is 2.71. The molecule has 2 aromatic rings. The fraction of sp³-hybridized carbons (Fsp3) is 0.0909. The molecule has 3 nitrogen and oxygen atoms in total. The second-order valence-electron chi connectivity index (χ2n) is 3.34. The molecule has 17 heavy (non-hydrogen) atoms. The summed E-state index contributed by atoms with van der Waals surface area (Å²) < 4.78 is 38.2. The molecule has 0 atom stereocenters. The topological polar surface area (TPSA) is 45.8 Å². The maximum Gasteiger partial charge on any atom is 0.417 e. The van der Waals surface area contributed by atoms with Crippen molar-refractivity contribution in [2.75, 3.05) is 0 Å². The Morgan fingerprint density at radius 1 is 1.12 bits per heavy atom. The largest absolute Gasteiger partial charge is 0.417 e. The number of alkyl halides is 3. The zero-order valence-electron chi connectivity index (χ0n) is 8.45. The van der Waals surface area contributed by atoms with E-state index in [1.54, 1.807) is 0 Å². The van der Waals surface area contributed by atoms with Crippen molar-refractivity contribution in [1.82, 2.24) is 9.97 Å². The third kappa shape index (κ3) is 2.20. The van der Waals surface area contributed by atoms with Gasteiger partial charge in [-0.15, -0.1) is 0 Å². The van der Waals surface area contributed by atoms with Crippen molar-refractivity contribution in [3.63, 3.8) is 0 Å². The molecule has 0 spiro atoms. The number of rotatable bonds is 1. The number of aromatic amines is 1. The molecule has 0 aliphatic carbocycles. The highest BCUT2D eigenvalue weighted by molar-refractivity contribution is 5.66. The summed E-state index contributed by atoms with van der Waals surface area (Å²) in [6, 6.07) is 4.89. The van der Waals surface area contributed by atoms with Crippen molar-refractivity contribution in [3.8, 4) is 11.1 Å². The predicted molar refractivity (Wildman–Crippen MR) is 55.3 cm³/mol. The van der Waals surface area contributed by atoms with Gasteiger partial charge in [-0.05, 0) is 6.07 Å². The van der Waals surface area contributed by atoms with Crippen LogP contribution in [0.1, 0.15) is 5.56 Å². The molecule has 1 aromatic heterocycles. The van der Waals surface area contributed by atoms with Gasteiger partial charge in [-0.2, -0.15) is 13.2 Å². The smallest absolute Gasteiger partial charge is 0.313 e. The number of aromatic nitrogens is 2. The lowest BCUT2D eigenvalue weighted by atomic mass is 10.0. The van der Waals surface area contributed by atoms with Gasteiger partial charge < -0.3 is 4.98 Å². The number of halogens is 3. The van der Waals surface area contributed by atoms with E-state index in [2.05, 4.69) is 9.97 Å². The van der Waals surface area contributed by atoms with Crippen molar-refractivity contribution >= 4 is 0 Å². The van der Waals surface area contributed by atoms with Gasteiger partial charge in [0.2, 0.25) is 0 Å². The minimum absolute atomic E-state index is 0.0968. The Morgan fingerprint density at radius 2 is 1.82 bits per heavy atom. The number of nitrogens with zero attached hydrogens (tertiary/aromatic N) is 1. The Labute approximate surface area is 94.0 Å². The van der Waals surface area contributed by atoms with Gasteiger partial charge >= 0.3 is 6.18 Å². The zero-order valence-corrected chi connectivity index (χ0v) is 8.45. The molecule has 0 radical (unpaired) electrons. The Balaban J connectivity index is 2.69. The third-order valence-corrected chi connectivity index (χ3v) is 2.24. The molecule has 88 valence electrons. The van der Waals surface area contributed by atoms with E-state index in [4.69, 9.17) is 0 Å². The van der Waals surface area contributed by atoms with Gasteiger partial charge in [0.05, 0.1) is 17.5 Å². The molecule has 0 amide bonds. The van der Waals surface area contributed by atoms with Crippen molar-refractivity contribution < 1.29 is 13.2 Å². The van der Waals surface area contributed by atoms with E-state index in [1.165, 1.54) is 18.2 Å².